The third kappa shape index (κ3) is 7.12. The van der Waals surface area contributed by atoms with E-state index in [1.807, 2.05) is 0 Å². The minimum absolute atomic E-state index is 0.0491. The second-order valence-corrected chi connectivity index (χ2v) is 2.18. The fourth-order valence-electron chi connectivity index (χ4n) is 0.317. The van der Waals surface area contributed by atoms with E-state index >= 15 is 0 Å². The van der Waals surface area contributed by atoms with Crippen LogP contribution in [0, 0.1) is 0 Å². The molecule has 1 unspecified atom stereocenters. The largest absolute Gasteiger partial charge is 0.694 e. The summed E-state index contributed by atoms with van der Waals surface area (Å²) in [5, 5.41) is 0. The van der Waals surface area contributed by atoms with E-state index in [0.29, 0.717) is 0 Å². The van der Waals surface area contributed by atoms with Gasteiger partial charge in [0.05, 0.1) is 0 Å². The van der Waals surface area contributed by atoms with Gasteiger partial charge in [-0.25, -0.2) is 4.79 Å². The van der Waals surface area contributed by atoms with Gasteiger partial charge < -0.3 is 4.74 Å². The monoisotopic (exact) mass is 179 g/mol. The first-order valence-electron chi connectivity index (χ1n) is 2.75. The van der Waals surface area contributed by atoms with Gasteiger partial charge in [-0.3, -0.25) is 0 Å². The number of rotatable bonds is 5. The fraction of sp³-hybridized carbons (Fsp3) is 0.400. The maximum Gasteiger partial charge on any atom is 0.694 e. The topological polar surface area (TPSA) is 72.8 Å². The normalized spacial score (nSPS) is 10.5. The van der Waals surface area contributed by atoms with Crippen LogP contribution < -0.4 is 0 Å². The highest BCUT2D eigenvalue weighted by Crippen LogP contribution is 2.12. The molecular weight excluding hydrogens is 171 g/mol. The van der Waals surface area contributed by atoms with E-state index in [4.69, 9.17) is 4.89 Å². The van der Waals surface area contributed by atoms with E-state index in [1.165, 1.54) is 0 Å². The van der Waals surface area contributed by atoms with Crippen LogP contribution in [0.3, 0.4) is 0 Å². The van der Waals surface area contributed by atoms with Crippen molar-refractivity contribution < 1.29 is 23.5 Å². The number of hydrogen-bond acceptors (Lipinski definition) is 4. The molecule has 0 fully saturated rings. The number of ether oxygens (including phenoxy) is 1. The summed E-state index contributed by atoms with van der Waals surface area (Å²) in [5.41, 5.74) is 0. The van der Waals surface area contributed by atoms with Gasteiger partial charge in [0, 0.05) is 10.6 Å². The zero-order valence-electron chi connectivity index (χ0n) is 5.73. The van der Waals surface area contributed by atoms with Crippen LogP contribution in [0.1, 0.15) is 0 Å². The van der Waals surface area contributed by atoms with Crippen molar-refractivity contribution in [3.05, 3.63) is 12.7 Å². The van der Waals surface area contributed by atoms with Gasteiger partial charge in [-0.2, -0.15) is 0 Å². The van der Waals surface area contributed by atoms with Crippen LogP contribution in [-0.4, -0.2) is 24.1 Å². The lowest BCUT2D eigenvalue weighted by atomic mass is 10.6. The zero-order valence-corrected chi connectivity index (χ0v) is 6.62. The molecule has 11 heavy (non-hydrogen) atoms. The van der Waals surface area contributed by atoms with Crippen LogP contribution in [0.2, 0.25) is 0 Å². The molecule has 0 rings (SSSR count). The molecule has 0 aromatic rings. The van der Waals surface area contributed by atoms with Crippen LogP contribution in [0.15, 0.2) is 12.7 Å². The van der Waals surface area contributed by atoms with Crippen LogP contribution in [0.5, 0.6) is 0 Å². The van der Waals surface area contributed by atoms with Gasteiger partial charge in [0.1, 0.15) is 13.2 Å². The van der Waals surface area contributed by atoms with Crippen molar-refractivity contribution in [3.63, 3.8) is 0 Å². The molecule has 0 saturated heterocycles. The van der Waals surface area contributed by atoms with E-state index in [-0.39, 0.29) is 13.2 Å². The lowest BCUT2D eigenvalue weighted by Crippen LogP contribution is -2.05. The minimum Gasteiger partial charge on any atom is -0.460 e. The Bertz CT molecular complexity index is 166. The van der Waals surface area contributed by atoms with Crippen LogP contribution in [0.4, 0.5) is 0 Å². The summed E-state index contributed by atoms with van der Waals surface area (Å²) in [7, 11) is -2.60. The Kier molecular flexibility index (Phi) is 5.56. The lowest BCUT2D eigenvalue weighted by Gasteiger charge is -1.95. The molecule has 5 nitrogen and oxygen atoms in total. The van der Waals surface area contributed by atoms with Crippen molar-refractivity contribution in [3.8, 4) is 0 Å². The highest BCUT2D eigenvalue weighted by Gasteiger charge is 2.10. The van der Waals surface area contributed by atoms with Crippen LogP contribution in [-0.2, 0) is 18.6 Å². The molecule has 62 valence electrons. The molecule has 0 aliphatic carbocycles. The molecule has 1 atom stereocenters. The van der Waals surface area contributed by atoms with Gasteiger partial charge in [0.15, 0.2) is 0 Å². The molecule has 0 aliphatic rings. The lowest BCUT2D eigenvalue weighted by molar-refractivity contribution is -0.138. The molecule has 0 spiro atoms. The van der Waals surface area contributed by atoms with Crippen molar-refractivity contribution in [2.45, 2.75) is 0 Å². The van der Waals surface area contributed by atoms with E-state index in [0.717, 1.165) is 6.08 Å². The van der Waals surface area contributed by atoms with Gasteiger partial charge >= 0.3 is 14.2 Å². The molecule has 1 N–H and O–H groups in total. The van der Waals surface area contributed by atoms with Gasteiger partial charge in [-0.1, -0.05) is 6.58 Å². The summed E-state index contributed by atoms with van der Waals surface area (Å²) in [6.07, 6.45) is 0.999. The first kappa shape index (κ1) is 10.2. The third-order valence-corrected chi connectivity index (χ3v) is 1.10. The van der Waals surface area contributed by atoms with Gasteiger partial charge in [0.25, 0.3) is 0 Å². The molecule has 0 amide bonds. The molecule has 0 radical (unpaired) electrons. The first-order chi connectivity index (χ1) is 5.16. The summed E-state index contributed by atoms with van der Waals surface area (Å²) in [6, 6.07) is 0. The smallest absolute Gasteiger partial charge is 0.460 e. The molecule has 6 heteroatoms. The number of carbonyl (C=O) groups excluding carboxylic acids is 1. The first-order valence-corrected chi connectivity index (χ1v) is 3.88. The Morgan fingerprint density at radius 3 is 2.73 bits per heavy atom. The van der Waals surface area contributed by atoms with Crippen molar-refractivity contribution in [1.82, 2.24) is 0 Å². The Morgan fingerprint density at radius 1 is 1.64 bits per heavy atom. The summed E-state index contributed by atoms with van der Waals surface area (Å²) in [5.74, 6) is -0.582. The molecule has 0 aromatic carbocycles. The molecule has 0 heterocycles. The second-order valence-electron chi connectivity index (χ2n) is 1.44. The average Bonchev–Trinajstić information content (AvgIpc) is 1.97. The van der Waals surface area contributed by atoms with Gasteiger partial charge in [0.2, 0.25) is 0 Å². The molecule has 0 bridgehead atoms. The quantitative estimate of drug-likeness (QED) is 0.286. The predicted molar refractivity (Wildman–Crippen MR) is 36.9 cm³/mol. The SMILES string of the molecule is C=CC(=O)OCCO[P+](=O)O. The summed E-state index contributed by atoms with van der Waals surface area (Å²) < 4.78 is 18.5. The Balaban J connectivity index is 3.21. The van der Waals surface area contributed by atoms with Crippen molar-refractivity contribution in [2.75, 3.05) is 13.2 Å². The standard InChI is InChI=1S/C5H7O5P/c1-2-5(6)9-3-4-10-11(7)8/h2H,1,3-4H2/p+1. The second kappa shape index (κ2) is 5.97. The van der Waals surface area contributed by atoms with Gasteiger partial charge in [-0.15, -0.1) is 9.42 Å². The highest BCUT2D eigenvalue weighted by molar-refractivity contribution is 7.32. The van der Waals surface area contributed by atoms with Crippen molar-refractivity contribution in [2.24, 2.45) is 0 Å². The molecule has 0 aliphatic heterocycles. The maximum atomic E-state index is 10.3. The molecular formula is C5H8O5P+. The maximum absolute atomic E-state index is 10.3. The predicted octanol–water partition coefficient (Wildman–Crippen LogP) is 0.382. The summed E-state index contributed by atoms with van der Waals surface area (Å²) in [6.45, 7) is 3.01. The third-order valence-electron chi connectivity index (χ3n) is 0.696. The number of hydrogen-bond donors (Lipinski definition) is 1. The summed E-state index contributed by atoms with van der Waals surface area (Å²) in [4.78, 5) is 18.4. The zero-order chi connectivity index (χ0) is 8.69. The van der Waals surface area contributed by atoms with E-state index in [2.05, 4.69) is 15.8 Å². The number of carbonyl (C=O) groups is 1. The Morgan fingerprint density at radius 2 is 2.27 bits per heavy atom. The minimum atomic E-state index is -2.60. The van der Waals surface area contributed by atoms with Gasteiger partial charge in [-0.05, 0) is 0 Å². The van der Waals surface area contributed by atoms with E-state index in [1.54, 1.807) is 0 Å². The fourth-order valence-corrected chi connectivity index (χ4v) is 0.547. The van der Waals surface area contributed by atoms with Crippen LogP contribution >= 0.6 is 8.25 Å². The van der Waals surface area contributed by atoms with Crippen molar-refractivity contribution in [1.29, 1.82) is 0 Å². The highest BCUT2D eigenvalue weighted by atomic mass is 31.1. The van der Waals surface area contributed by atoms with Crippen LogP contribution in [0.25, 0.3) is 0 Å². The molecule has 0 saturated carbocycles. The van der Waals surface area contributed by atoms with E-state index in [9.17, 15) is 9.36 Å². The number of esters is 1. The molecule has 0 aromatic heterocycles. The average molecular weight is 179 g/mol. The van der Waals surface area contributed by atoms with E-state index < -0.39 is 14.2 Å². The van der Waals surface area contributed by atoms with Crippen molar-refractivity contribution >= 4 is 14.2 Å². The Hall–Kier alpha value is -0.770. The summed E-state index contributed by atoms with van der Waals surface area (Å²) >= 11 is 0. The Labute approximate surface area is 64.6 Å².